The first-order chi connectivity index (χ1) is 8.43. The molecule has 1 aromatic rings. The van der Waals surface area contributed by atoms with Crippen LogP contribution in [0.15, 0.2) is 35.2 Å². The quantitative estimate of drug-likeness (QED) is 0.839. The lowest BCUT2D eigenvalue weighted by molar-refractivity contribution is -0.141. The molecule has 0 saturated heterocycles. The van der Waals surface area contributed by atoms with E-state index in [2.05, 4.69) is 0 Å². The Morgan fingerprint density at radius 1 is 1.22 bits per heavy atom. The number of hydrogen-bond acceptors (Lipinski definition) is 4. The van der Waals surface area contributed by atoms with Crippen molar-refractivity contribution in [3.05, 3.63) is 30.3 Å². The van der Waals surface area contributed by atoms with Crippen molar-refractivity contribution in [3.63, 3.8) is 0 Å². The Labute approximate surface area is 106 Å². The minimum atomic E-state index is -3.48. The minimum absolute atomic E-state index is 0.0910. The van der Waals surface area contributed by atoms with Crippen LogP contribution < -0.4 is 5.73 Å². The van der Waals surface area contributed by atoms with Gasteiger partial charge in [-0.15, -0.1) is 0 Å². The smallest absolute Gasteiger partial charge is 0.308 e. The van der Waals surface area contributed by atoms with E-state index in [-0.39, 0.29) is 17.7 Å². The van der Waals surface area contributed by atoms with Crippen LogP contribution in [0.5, 0.6) is 0 Å². The van der Waals surface area contributed by atoms with Gasteiger partial charge in [-0.05, 0) is 25.0 Å². The highest BCUT2D eigenvalue weighted by Crippen LogP contribution is 2.33. The largest absolute Gasteiger partial charge is 0.481 e. The molecule has 3 unspecified atom stereocenters. The van der Waals surface area contributed by atoms with E-state index in [1.54, 1.807) is 18.2 Å². The van der Waals surface area contributed by atoms with Crippen molar-refractivity contribution in [2.24, 2.45) is 11.7 Å². The summed E-state index contributed by atoms with van der Waals surface area (Å²) in [6, 6.07) is 7.49. The van der Waals surface area contributed by atoms with E-state index in [0.717, 1.165) is 0 Å². The molecule has 98 valence electrons. The fourth-order valence-electron chi connectivity index (χ4n) is 2.36. The van der Waals surface area contributed by atoms with Gasteiger partial charge in [0, 0.05) is 6.04 Å². The molecule has 0 aliphatic heterocycles. The summed E-state index contributed by atoms with van der Waals surface area (Å²) in [5.41, 5.74) is 5.70. The molecule has 2 rings (SSSR count). The van der Waals surface area contributed by atoms with Crippen LogP contribution in [0.4, 0.5) is 0 Å². The van der Waals surface area contributed by atoms with Crippen LogP contribution in [-0.4, -0.2) is 30.8 Å². The molecular formula is C12H15NO4S. The summed E-state index contributed by atoms with van der Waals surface area (Å²) in [5, 5.41) is 8.26. The summed E-state index contributed by atoms with van der Waals surface area (Å²) in [4.78, 5) is 11.2. The topological polar surface area (TPSA) is 97.5 Å². The number of sulfone groups is 1. The van der Waals surface area contributed by atoms with Crippen molar-refractivity contribution in [2.45, 2.75) is 29.0 Å². The van der Waals surface area contributed by atoms with Crippen LogP contribution in [0.3, 0.4) is 0 Å². The molecule has 1 aliphatic rings. The Morgan fingerprint density at radius 2 is 1.83 bits per heavy atom. The van der Waals surface area contributed by atoms with Crippen LogP contribution >= 0.6 is 0 Å². The molecule has 0 heterocycles. The van der Waals surface area contributed by atoms with E-state index in [1.165, 1.54) is 12.1 Å². The highest BCUT2D eigenvalue weighted by atomic mass is 32.2. The summed E-state index contributed by atoms with van der Waals surface area (Å²) in [7, 11) is -3.48. The van der Waals surface area contributed by atoms with Crippen LogP contribution in [0.1, 0.15) is 12.8 Å². The molecular weight excluding hydrogens is 254 g/mol. The van der Waals surface area contributed by atoms with Gasteiger partial charge in [-0.3, -0.25) is 4.79 Å². The third kappa shape index (κ3) is 2.26. The molecule has 3 N–H and O–H groups in total. The van der Waals surface area contributed by atoms with Gasteiger partial charge in [0.2, 0.25) is 0 Å². The van der Waals surface area contributed by atoms with Crippen LogP contribution in [0.2, 0.25) is 0 Å². The average Bonchev–Trinajstić information content (AvgIpc) is 2.73. The number of carboxylic acids is 1. The fraction of sp³-hybridized carbons (Fsp3) is 0.417. The Balaban J connectivity index is 2.26. The molecule has 0 amide bonds. The molecule has 0 aromatic heterocycles. The van der Waals surface area contributed by atoms with Crippen molar-refractivity contribution in [1.29, 1.82) is 0 Å². The second-order valence-corrected chi connectivity index (χ2v) is 6.79. The van der Waals surface area contributed by atoms with Gasteiger partial charge in [0.25, 0.3) is 0 Å². The first-order valence-electron chi connectivity index (χ1n) is 5.70. The van der Waals surface area contributed by atoms with E-state index >= 15 is 0 Å². The Morgan fingerprint density at radius 3 is 2.33 bits per heavy atom. The summed E-state index contributed by atoms with van der Waals surface area (Å²) >= 11 is 0. The highest BCUT2D eigenvalue weighted by Gasteiger charge is 2.43. The lowest BCUT2D eigenvalue weighted by atomic mass is 10.1. The molecule has 1 aromatic carbocycles. The predicted octanol–water partition coefficient (Wildman–Crippen LogP) is 0.651. The highest BCUT2D eigenvalue weighted by molar-refractivity contribution is 7.92. The Hall–Kier alpha value is -1.40. The maximum atomic E-state index is 12.3. The predicted molar refractivity (Wildman–Crippen MR) is 65.8 cm³/mol. The van der Waals surface area contributed by atoms with Gasteiger partial charge in [0.05, 0.1) is 16.1 Å². The Bertz CT molecular complexity index is 540. The van der Waals surface area contributed by atoms with Gasteiger partial charge in [0.15, 0.2) is 9.84 Å². The van der Waals surface area contributed by atoms with E-state index in [9.17, 15) is 13.2 Å². The monoisotopic (exact) mass is 269 g/mol. The summed E-state index contributed by atoms with van der Waals surface area (Å²) in [6.45, 7) is 0. The number of carbonyl (C=O) groups is 1. The normalized spacial score (nSPS) is 28.2. The second-order valence-electron chi connectivity index (χ2n) is 4.56. The van der Waals surface area contributed by atoms with E-state index in [4.69, 9.17) is 10.8 Å². The van der Waals surface area contributed by atoms with Gasteiger partial charge >= 0.3 is 5.97 Å². The van der Waals surface area contributed by atoms with Gasteiger partial charge in [-0.1, -0.05) is 18.2 Å². The lowest BCUT2D eigenvalue weighted by Gasteiger charge is -2.11. The van der Waals surface area contributed by atoms with Crippen molar-refractivity contribution >= 4 is 15.8 Å². The zero-order valence-corrected chi connectivity index (χ0v) is 10.5. The van der Waals surface area contributed by atoms with Gasteiger partial charge in [-0.2, -0.15) is 0 Å². The van der Waals surface area contributed by atoms with Crippen LogP contribution in [-0.2, 0) is 14.6 Å². The first-order valence-corrected chi connectivity index (χ1v) is 7.25. The minimum Gasteiger partial charge on any atom is -0.481 e. The Kier molecular flexibility index (Phi) is 3.41. The van der Waals surface area contributed by atoms with Crippen LogP contribution in [0.25, 0.3) is 0 Å². The molecule has 5 nitrogen and oxygen atoms in total. The molecule has 18 heavy (non-hydrogen) atoms. The van der Waals surface area contributed by atoms with E-state index in [0.29, 0.717) is 0 Å². The summed E-state index contributed by atoms with van der Waals surface area (Å²) in [5.74, 6) is -1.79. The third-order valence-electron chi connectivity index (χ3n) is 3.40. The zero-order chi connectivity index (χ0) is 13.3. The standard InChI is InChI=1S/C12H15NO4S/c13-11-7-9(6-10(11)12(14)15)18(16,17)8-4-2-1-3-5-8/h1-5,9-11H,6-7,13H2,(H,14,15). The van der Waals surface area contributed by atoms with E-state index < -0.39 is 33.0 Å². The number of benzene rings is 1. The maximum absolute atomic E-state index is 12.3. The SMILES string of the molecule is NC1CC(S(=O)(=O)c2ccccc2)CC1C(=O)O. The average molecular weight is 269 g/mol. The number of hydrogen-bond donors (Lipinski definition) is 2. The van der Waals surface area contributed by atoms with Crippen molar-refractivity contribution in [3.8, 4) is 0 Å². The number of nitrogens with two attached hydrogens (primary N) is 1. The summed E-state index contributed by atoms with van der Waals surface area (Å²) < 4.78 is 24.6. The van der Waals surface area contributed by atoms with Crippen molar-refractivity contribution in [2.75, 3.05) is 0 Å². The molecule has 1 saturated carbocycles. The van der Waals surface area contributed by atoms with Gasteiger partial charge in [0.1, 0.15) is 0 Å². The molecule has 0 bridgehead atoms. The van der Waals surface area contributed by atoms with Crippen LogP contribution in [0, 0.1) is 5.92 Å². The first kappa shape index (κ1) is 13.0. The molecule has 1 fully saturated rings. The number of carboxylic acid groups (broad SMARTS) is 1. The fourth-order valence-corrected chi connectivity index (χ4v) is 4.22. The summed E-state index contributed by atoms with van der Waals surface area (Å²) in [6.07, 6.45) is 0.294. The second kappa shape index (κ2) is 4.70. The third-order valence-corrected chi connectivity index (χ3v) is 5.59. The maximum Gasteiger partial charge on any atom is 0.308 e. The van der Waals surface area contributed by atoms with Gasteiger partial charge < -0.3 is 10.8 Å². The molecule has 1 aliphatic carbocycles. The molecule has 3 atom stereocenters. The zero-order valence-electron chi connectivity index (χ0n) is 9.69. The molecule has 6 heteroatoms. The lowest BCUT2D eigenvalue weighted by Crippen LogP contribution is -2.30. The number of aliphatic carboxylic acids is 1. The van der Waals surface area contributed by atoms with Crippen molar-refractivity contribution in [1.82, 2.24) is 0 Å². The molecule has 0 spiro atoms. The number of rotatable bonds is 3. The molecule has 0 radical (unpaired) electrons. The van der Waals surface area contributed by atoms with E-state index in [1.807, 2.05) is 0 Å². The van der Waals surface area contributed by atoms with Gasteiger partial charge in [-0.25, -0.2) is 8.42 Å². The van der Waals surface area contributed by atoms with Crippen molar-refractivity contribution < 1.29 is 18.3 Å².